The first-order chi connectivity index (χ1) is 9.43. The van der Waals surface area contributed by atoms with Crippen molar-refractivity contribution in [3.8, 4) is 5.75 Å². The number of halogens is 3. The fourth-order valence-electron chi connectivity index (χ4n) is 1.81. The summed E-state index contributed by atoms with van der Waals surface area (Å²) in [5.74, 6) is 0.146. The molecule has 0 aromatic heterocycles. The summed E-state index contributed by atoms with van der Waals surface area (Å²) >= 11 is 18.2. The van der Waals surface area contributed by atoms with E-state index in [1.807, 2.05) is 13.0 Å². The van der Waals surface area contributed by atoms with E-state index in [0.717, 1.165) is 5.56 Å². The van der Waals surface area contributed by atoms with Gasteiger partial charge >= 0.3 is 0 Å². The maximum absolute atomic E-state index is 12.5. The Morgan fingerprint density at radius 2 is 1.60 bits per heavy atom. The number of hydrogen-bond donors (Lipinski definition) is 0. The summed E-state index contributed by atoms with van der Waals surface area (Å²) in [6.45, 7) is 1.90. The molecule has 0 saturated heterocycles. The standard InChI is InChI=1S/C15H11Cl3O2/c1-8-3-4-9(11(16)5-8)15(19)10-6-13(18)14(20-2)7-12(10)17/h3-7H,1-2H3. The van der Waals surface area contributed by atoms with Crippen LogP contribution in [0.5, 0.6) is 5.75 Å². The molecular formula is C15H11Cl3O2. The smallest absolute Gasteiger partial charge is 0.196 e. The minimum absolute atomic E-state index is 0.271. The molecule has 2 aromatic carbocycles. The van der Waals surface area contributed by atoms with Gasteiger partial charge in [0.05, 0.1) is 22.2 Å². The molecule has 2 nitrogen and oxygen atoms in total. The summed E-state index contributed by atoms with van der Waals surface area (Å²) in [7, 11) is 1.48. The number of carbonyl (C=O) groups excluding carboxylic acids is 1. The zero-order valence-corrected chi connectivity index (χ0v) is 13.1. The van der Waals surface area contributed by atoms with E-state index in [2.05, 4.69) is 0 Å². The summed E-state index contributed by atoms with van der Waals surface area (Å²) in [6.07, 6.45) is 0. The lowest BCUT2D eigenvalue weighted by molar-refractivity contribution is 0.103. The van der Waals surface area contributed by atoms with Gasteiger partial charge in [-0.15, -0.1) is 0 Å². The molecule has 0 aliphatic carbocycles. The van der Waals surface area contributed by atoms with Crippen LogP contribution in [0.25, 0.3) is 0 Å². The molecule has 0 heterocycles. The van der Waals surface area contributed by atoms with Gasteiger partial charge in [0.15, 0.2) is 5.78 Å². The molecule has 0 aliphatic heterocycles. The van der Waals surface area contributed by atoms with Gasteiger partial charge < -0.3 is 4.74 Å². The zero-order chi connectivity index (χ0) is 14.9. The molecule has 0 radical (unpaired) electrons. The zero-order valence-electron chi connectivity index (χ0n) is 10.8. The van der Waals surface area contributed by atoms with E-state index in [4.69, 9.17) is 39.5 Å². The summed E-state index contributed by atoms with van der Waals surface area (Å²) in [5.41, 5.74) is 1.66. The van der Waals surface area contributed by atoms with Crippen LogP contribution in [0.2, 0.25) is 15.1 Å². The Bertz CT molecular complexity index is 681. The fourth-order valence-corrected chi connectivity index (χ4v) is 2.61. The van der Waals surface area contributed by atoms with Gasteiger partial charge in [-0.2, -0.15) is 0 Å². The van der Waals surface area contributed by atoms with Crippen molar-refractivity contribution >= 4 is 40.6 Å². The normalized spacial score (nSPS) is 10.4. The van der Waals surface area contributed by atoms with Crippen LogP contribution in [-0.2, 0) is 0 Å². The predicted molar refractivity (Wildman–Crippen MR) is 82.6 cm³/mol. The van der Waals surface area contributed by atoms with Crippen molar-refractivity contribution in [2.45, 2.75) is 6.92 Å². The second-order valence-corrected chi connectivity index (χ2v) is 5.50. The average molecular weight is 330 g/mol. The first kappa shape index (κ1) is 15.2. The number of carbonyl (C=O) groups is 1. The van der Waals surface area contributed by atoms with E-state index in [1.165, 1.54) is 19.2 Å². The molecule has 0 unspecified atom stereocenters. The van der Waals surface area contributed by atoms with Gasteiger partial charge in [0.2, 0.25) is 0 Å². The van der Waals surface area contributed by atoms with E-state index in [0.29, 0.717) is 26.9 Å². The number of ether oxygens (including phenoxy) is 1. The molecule has 0 aliphatic rings. The third-order valence-corrected chi connectivity index (χ3v) is 3.78. The molecule has 0 atom stereocenters. The first-order valence-corrected chi connectivity index (χ1v) is 6.91. The van der Waals surface area contributed by atoms with Crippen LogP contribution in [0.4, 0.5) is 0 Å². The van der Waals surface area contributed by atoms with E-state index >= 15 is 0 Å². The summed E-state index contributed by atoms with van der Waals surface area (Å²) < 4.78 is 5.05. The van der Waals surface area contributed by atoms with Crippen molar-refractivity contribution in [1.82, 2.24) is 0 Å². The van der Waals surface area contributed by atoms with Crippen molar-refractivity contribution in [2.75, 3.05) is 7.11 Å². The van der Waals surface area contributed by atoms with Crippen molar-refractivity contribution in [2.24, 2.45) is 0 Å². The van der Waals surface area contributed by atoms with Crippen molar-refractivity contribution < 1.29 is 9.53 Å². The minimum atomic E-state index is -0.274. The Balaban J connectivity index is 2.51. The van der Waals surface area contributed by atoms with E-state index in [-0.39, 0.29) is 10.8 Å². The highest BCUT2D eigenvalue weighted by Gasteiger charge is 2.18. The van der Waals surface area contributed by atoms with Crippen molar-refractivity contribution in [3.05, 3.63) is 62.1 Å². The second kappa shape index (κ2) is 6.04. The number of rotatable bonds is 3. The lowest BCUT2D eigenvalue weighted by Crippen LogP contribution is -2.04. The molecule has 0 fully saturated rings. The van der Waals surface area contributed by atoms with Crippen LogP contribution < -0.4 is 4.74 Å². The Hall–Kier alpha value is -1.22. The van der Waals surface area contributed by atoms with Crippen LogP contribution >= 0.6 is 34.8 Å². The van der Waals surface area contributed by atoms with Crippen LogP contribution in [0.3, 0.4) is 0 Å². The molecule has 0 spiro atoms. The van der Waals surface area contributed by atoms with Gasteiger partial charge in [0.1, 0.15) is 5.75 Å². The van der Waals surface area contributed by atoms with E-state index in [1.54, 1.807) is 12.1 Å². The average Bonchev–Trinajstić information content (AvgIpc) is 2.40. The Morgan fingerprint density at radius 3 is 2.20 bits per heavy atom. The third kappa shape index (κ3) is 2.93. The van der Waals surface area contributed by atoms with Gasteiger partial charge in [0.25, 0.3) is 0 Å². The highest BCUT2D eigenvalue weighted by atomic mass is 35.5. The summed E-state index contributed by atoms with van der Waals surface area (Å²) in [6, 6.07) is 8.22. The molecule has 104 valence electrons. The SMILES string of the molecule is COc1cc(Cl)c(C(=O)c2ccc(C)cc2Cl)cc1Cl. The molecule has 2 aromatic rings. The number of aryl methyl sites for hydroxylation is 1. The topological polar surface area (TPSA) is 26.3 Å². The lowest BCUT2D eigenvalue weighted by Gasteiger charge is -2.09. The van der Waals surface area contributed by atoms with Crippen molar-refractivity contribution in [3.63, 3.8) is 0 Å². The van der Waals surface area contributed by atoms with Crippen molar-refractivity contribution in [1.29, 1.82) is 0 Å². The van der Waals surface area contributed by atoms with Gasteiger partial charge in [-0.3, -0.25) is 4.79 Å². The Labute approximate surface area is 132 Å². The molecule has 0 N–H and O–H groups in total. The highest BCUT2D eigenvalue weighted by molar-refractivity contribution is 6.39. The Kier molecular flexibility index (Phi) is 4.59. The molecule has 0 saturated carbocycles. The van der Waals surface area contributed by atoms with Gasteiger partial charge in [-0.25, -0.2) is 0 Å². The van der Waals surface area contributed by atoms with E-state index < -0.39 is 0 Å². The number of methoxy groups -OCH3 is 1. The predicted octanol–water partition coefficient (Wildman–Crippen LogP) is 5.19. The number of ketones is 1. The fraction of sp³-hybridized carbons (Fsp3) is 0.133. The van der Waals surface area contributed by atoms with Gasteiger partial charge in [0, 0.05) is 17.2 Å². The molecule has 5 heteroatoms. The quantitative estimate of drug-likeness (QED) is 0.724. The molecule has 20 heavy (non-hydrogen) atoms. The van der Waals surface area contributed by atoms with Crippen LogP contribution in [0.1, 0.15) is 21.5 Å². The second-order valence-electron chi connectivity index (χ2n) is 4.28. The van der Waals surface area contributed by atoms with E-state index in [9.17, 15) is 4.79 Å². The summed E-state index contributed by atoms with van der Waals surface area (Å²) in [4.78, 5) is 12.5. The molecule has 0 bridgehead atoms. The van der Waals surface area contributed by atoms with Crippen LogP contribution in [-0.4, -0.2) is 12.9 Å². The maximum Gasteiger partial charge on any atom is 0.196 e. The minimum Gasteiger partial charge on any atom is -0.495 e. The van der Waals surface area contributed by atoms with Crippen LogP contribution in [0, 0.1) is 6.92 Å². The maximum atomic E-state index is 12.5. The lowest BCUT2D eigenvalue weighted by atomic mass is 10.0. The monoisotopic (exact) mass is 328 g/mol. The van der Waals surface area contributed by atoms with Crippen LogP contribution in [0.15, 0.2) is 30.3 Å². The molecular weight excluding hydrogens is 319 g/mol. The van der Waals surface area contributed by atoms with Gasteiger partial charge in [-0.05, 0) is 30.7 Å². The number of hydrogen-bond acceptors (Lipinski definition) is 2. The first-order valence-electron chi connectivity index (χ1n) is 5.78. The largest absolute Gasteiger partial charge is 0.495 e. The summed E-state index contributed by atoms with van der Waals surface area (Å²) in [5, 5.41) is 0.981. The molecule has 2 rings (SSSR count). The highest BCUT2D eigenvalue weighted by Crippen LogP contribution is 2.33. The Morgan fingerprint density at radius 1 is 0.950 bits per heavy atom. The van der Waals surface area contributed by atoms with Gasteiger partial charge in [-0.1, -0.05) is 40.9 Å². The number of benzene rings is 2. The molecule has 0 amide bonds. The third-order valence-electron chi connectivity index (χ3n) is 2.86.